The van der Waals surface area contributed by atoms with Gasteiger partial charge in [-0.05, 0) is 31.2 Å². The molecule has 0 atom stereocenters. The third kappa shape index (κ3) is 6.62. The van der Waals surface area contributed by atoms with E-state index in [9.17, 15) is 9.59 Å². The molecule has 2 aromatic carbocycles. The topological polar surface area (TPSA) is 76.7 Å². The highest BCUT2D eigenvalue weighted by atomic mass is 32.2. The Bertz CT molecular complexity index is 767. The Balaban J connectivity index is 2.04. The van der Waals surface area contributed by atoms with E-state index in [-0.39, 0.29) is 17.6 Å². The second kappa shape index (κ2) is 11.3. The van der Waals surface area contributed by atoms with Gasteiger partial charge in [-0.25, -0.2) is 0 Å². The van der Waals surface area contributed by atoms with E-state index < -0.39 is 0 Å². The summed E-state index contributed by atoms with van der Waals surface area (Å²) >= 11 is 1.32. The number of benzene rings is 2. The summed E-state index contributed by atoms with van der Waals surface area (Å²) in [6, 6.07) is 14.5. The number of methoxy groups -OCH3 is 1. The van der Waals surface area contributed by atoms with Crippen LogP contribution < -0.4 is 15.4 Å². The van der Waals surface area contributed by atoms with Crippen LogP contribution in [0.1, 0.15) is 17.3 Å². The van der Waals surface area contributed by atoms with Gasteiger partial charge in [-0.3, -0.25) is 9.59 Å². The van der Waals surface area contributed by atoms with Gasteiger partial charge in [0.25, 0.3) is 5.91 Å². The number of rotatable bonds is 10. The fraction of sp³-hybridized carbons (Fsp3) is 0.300. The van der Waals surface area contributed by atoms with Gasteiger partial charge in [-0.15, -0.1) is 11.8 Å². The Kier molecular flexibility index (Phi) is 8.67. The van der Waals surface area contributed by atoms with Crippen LogP contribution in [0.4, 0.5) is 5.69 Å². The number of thioether (sulfide) groups is 1. The molecule has 0 spiro atoms. The van der Waals surface area contributed by atoms with E-state index >= 15 is 0 Å². The molecule has 0 unspecified atom stereocenters. The lowest BCUT2D eigenvalue weighted by Crippen LogP contribution is -2.28. The number of carbonyl (C=O) groups excluding carboxylic acids is 2. The van der Waals surface area contributed by atoms with Gasteiger partial charge in [0.15, 0.2) is 0 Å². The van der Waals surface area contributed by atoms with E-state index in [4.69, 9.17) is 9.47 Å². The van der Waals surface area contributed by atoms with Crippen LogP contribution in [0, 0.1) is 0 Å². The van der Waals surface area contributed by atoms with Crippen molar-refractivity contribution in [2.45, 2.75) is 11.8 Å². The minimum atomic E-state index is -0.245. The van der Waals surface area contributed by atoms with Crippen molar-refractivity contribution in [3.63, 3.8) is 0 Å². The summed E-state index contributed by atoms with van der Waals surface area (Å²) in [6.45, 7) is 3.33. The highest BCUT2D eigenvalue weighted by molar-refractivity contribution is 8.00. The quantitative estimate of drug-likeness (QED) is 0.483. The monoisotopic (exact) mass is 388 g/mol. The zero-order chi connectivity index (χ0) is 19.5. The summed E-state index contributed by atoms with van der Waals surface area (Å²) in [4.78, 5) is 25.4. The van der Waals surface area contributed by atoms with Gasteiger partial charge in [0.05, 0.1) is 30.2 Å². The molecule has 2 N–H and O–H groups in total. The van der Waals surface area contributed by atoms with E-state index in [0.29, 0.717) is 36.8 Å². The van der Waals surface area contributed by atoms with Crippen LogP contribution in [0.15, 0.2) is 53.4 Å². The van der Waals surface area contributed by atoms with Gasteiger partial charge in [0.1, 0.15) is 5.75 Å². The molecule has 7 heteroatoms. The number of para-hydroxylation sites is 2. The molecule has 0 aliphatic heterocycles. The van der Waals surface area contributed by atoms with Crippen molar-refractivity contribution in [1.29, 1.82) is 0 Å². The lowest BCUT2D eigenvalue weighted by atomic mass is 10.2. The van der Waals surface area contributed by atoms with Gasteiger partial charge in [-0.2, -0.15) is 0 Å². The molecule has 0 aliphatic rings. The van der Waals surface area contributed by atoms with Gasteiger partial charge >= 0.3 is 0 Å². The standard InChI is InChI=1S/C20H24N2O4S/c1-3-26-17-10-6-5-9-16(17)22-20(24)15-8-4-7-11-18(15)27-14-19(23)21-12-13-25-2/h4-11H,3,12-14H2,1-2H3,(H,21,23)(H,22,24). The average molecular weight is 388 g/mol. The van der Waals surface area contributed by atoms with Crippen molar-refractivity contribution < 1.29 is 19.1 Å². The third-order valence-corrected chi connectivity index (χ3v) is 4.63. The second-order valence-electron chi connectivity index (χ2n) is 5.51. The van der Waals surface area contributed by atoms with Crippen molar-refractivity contribution in [1.82, 2.24) is 5.32 Å². The number of carbonyl (C=O) groups is 2. The summed E-state index contributed by atoms with van der Waals surface area (Å²) < 4.78 is 10.5. The molecule has 27 heavy (non-hydrogen) atoms. The zero-order valence-corrected chi connectivity index (χ0v) is 16.3. The predicted octanol–water partition coefficient (Wildman–Crippen LogP) is 3.19. The molecule has 2 aromatic rings. The minimum Gasteiger partial charge on any atom is -0.492 e. The van der Waals surface area contributed by atoms with Gasteiger partial charge in [0, 0.05) is 18.6 Å². The summed E-state index contributed by atoms with van der Waals surface area (Å²) in [5.74, 6) is 0.499. The van der Waals surface area contributed by atoms with Crippen LogP contribution in [0.5, 0.6) is 5.75 Å². The van der Waals surface area contributed by atoms with Crippen LogP contribution in [0.25, 0.3) is 0 Å². The maximum Gasteiger partial charge on any atom is 0.256 e. The summed E-state index contributed by atoms with van der Waals surface area (Å²) in [6.07, 6.45) is 0. The van der Waals surface area contributed by atoms with Gasteiger partial charge < -0.3 is 20.1 Å². The number of amides is 2. The van der Waals surface area contributed by atoms with E-state index in [1.165, 1.54) is 11.8 Å². The van der Waals surface area contributed by atoms with E-state index in [1.807, 2.05) is 37.3 Å². The number of nitrogens with one attached hydrogen (secondary N) is 2. The van der Waals surface area contributed by atoms with Crippen LogP contribution in [0.2, 0.25) is 0 Å². The second-order valence-corrected chi connectivity index (χ2v) is 6.53. The molecule has 6 nitrogen and oxygen atoms in total. The van der Waals surface area contributed by atoms with Crippen molar-refractivity contribution >= 4 is 29.3 Å². The van der Waals surface area contributed by atoms with E-state index in [0.717, 1.165) is 4.90 Å². The van der Waals surface area contributed by atoms with Crippen molar-refractivity contribution in [3.05, 3.63) is 54.1 Å². The van der Waals surface area contributed by atoms with Gasteiger partial charge in [-0.1, -0.05) is 24.3 Å². The van der Waals surface area contributed by atoms with Crippen LogP contribution in [-0.4, -0.2) is 44.4 Å². The average Bonchev–Trinajstić information content (AvgIpc) is 2.68. The Labute approximate surface area is 163 Å². The lowest BCUT2D eigenvalue weighted by molar-refractivity contribution is -0.118. The van der Waals surface area contributed by atoms with Crippen molar-refractivity contribution in [2.24, 2.45) is 0 Å². The normalized spacial score (nSPS) is 10.3. The summed E-state index contributed by atoms with van der Waals surface area (Å²) in [5.41, 5.74) is 1.12. The molecule has 0 fully saturated rings. The summed E-state index contributed by atoms with van der Waals surface area (Å²) in [5, 5.41) is 5.65. The Morgan fingerprint density at radius 3 is 2.59 bits per heavy atom. The predicted molar refractivity (Wildman–Crippen MR) is 108 cm³/mol. The SMILES string of the molecule is CCOc1ccccc1NC(=O)c1ccccc1SCC(=O)NCCOC. The van der Waals surface area contributed by atoms with Crippen LogP contribution in [0.3, 0.4) is 0 Å². The Morgan fingerprint density at radius 2 is 1.81 bits per heavy atom. The van der Waals surface area contributed by atoms with E-state index in [2.05, 4.69) is 10.6 Å². The van der Waals surface area contributed by atoms with Crippen molar-refractivity contribution in [3.8, 4) is 5.75 Å². The van der Waals surface area contributed by atoms with Crippen LogP contribution in [-0.2, 0) is 9.53 Å². The largest absolute Gasteiger partial charge is 0.492 e. The third-order valence-electron chi connectivity index (χ3n) is 3.55. The Morgan fingerprint density at radius 1 is 1.07 bits per heavy atom. The highest BCUT2D eigenvalue weighted by Crippen LogP contribution is 2.27. The fourth-order valence-corrected chi connectivity index (χ4v) is 3.19. The molecular weight excluding hydrogens is 364 g/mol. The number of anilines is 1. The smallest absolute Gasteiger partial charge is 0.256 e. The highest BCUT2D eigenvalue weighted by Gasteiger charge is 2.14. The first-order valence-corrected chi connectivity index (χ1v) is 9.65. The molecule has 144 valence electrons. The molecule has 0 heterocycles. The minimum absolute atomic E-state index is 0.103. The molecule has 0 radical (unpaired) electrons. The summed E-state index contributed by atoms with van der Waals surface area (Å²) in [7, 11) is 1.58. The number of hydrogen-bond donors (Lipinski definition) is 2. The van der Waals surface area contributed by atoms with E-state index in [1.54, 1.807) is 25.3 Å². The number of ether oxygens (including phenoxy) is 2. The van der Waals surface area contributed by atoms with Crippen LogP contribution >= 0.6 is 11.8 Å². The Hall–Kier alpha value is -2.51. The molecule has 0 saturated heterocycles. The maximum atomic E-state index is 12.7. The molecular formula is C20H24N2O4S. The molecule has 2 amide bonds. The first kappa shape index (κ1) is 20.8. The maximum absolute atomic E-state index is 12.7. The molecule has 0 bridgehead atoms. The molecule has 0 aromatic heterocycles. The fourth-order valence-electron chi connectivity index (χ4n) is 2.31. The molecule has 0 saturated carbocycles. The number of hydrogen-bond acceptors (Lipinski definition) is 5. The first-order chi connectivity index (χ1) is 13.2. The lowest BCUT2D eigenvalue weighted by Gasteiger charge is -2.13. The zero-order valence-electron chi connectivity index (χ0n) is 15.5. The van der Waals surface area contributed by atoms with Crippen molar-refractivity contribution in [2.75, 3.05) is 37.9 Å². The first-order valence-electron chi connectivity index (χ1n) is 8.66. The molecule has 2 rings (SSSR count). The van der Waals surface area contributed by atoms with Gasteiger partial charge in [0.2, 0.25) is 5.91 Å². The molecule has 0 aliphatic carbocycles.